The Labute approximate surface area is 229 Å². The van der Waals surface area contributed by atoms with Gasteiger partial charge in [0.1, 0.15) is 24.3 Å². The van der Waals surface area contributed by atoms with Crippen LogP contribution in [0.25, 0.3) is 0 Å². The predicted molar refractivity (Wildman–Crippen MR) is 144 cm³/mol. The number of aryl methyl sites for hydroxylation is 1. The molecule has 3 saturated heterocycles. The number of hydrogen-bond donors (Lipinski definition) is 2. The van der Waals surface area contributed by atoms with Gasteiger partial charge in [0.2, 0.25) is 0 Å². The van der Waals surface area contributed by atoms with E-state index in [0.717, 1.165) is 86.2 Å². The minimum atomic E-state index is -0.813. The monoisotopic (exact) mass is 538 g/mol. The summed E-state index contributed by atoms with van der Waals surface area (Å²) < 4.78 is 27.4. The van der Waals surface area contributed by atoms with E-state index in [0.29, 0.717) is 45.2 Å². The minimum Gasteiger partial charge on any atom is -0.508 e. The van der Waals surface area contributed by atoms with Crippen LogP contribution in [0, 0.1) is 0 Å². The van der Waals surface area contributed by atoms with Crippen LogP contribution in [-0.2, 0) is 29.8 Å². The molecule has 8 nitrogen and oxygen atoms in total. The van der Waals surface area contributed by atoms with Crippen LogP contribution in [-0.4, -0.2) is 75.2 Å². The van der Waals surface area contributed by atoms with Gasteiger partial charge in [-0.2, -0.15) is 9.97 Å². The van der Waals surface area contributed by atoms with Crippen molar-refractivity contribution in [2.24, 2.45) is 0 Å². The number of aromatic hydroxyl groups is 1. The maximum Gasteiger partial charge on any atom is 0.318 e. The summed E-state index contributed by atoms with van der Waals surface area (Å²) in [4.78, 5) is 14.3. The summed E-state index contributed by atoms with van der Waals surface area (Å²) in [6.07, 6.45) is 6.69. The Bertz CT molecular complexity index is 1270. The number of halogens is 1. The molecule has 5 heterocycles. The van der Waals surface area contributed by atoms with Gasteiger partial charge in [0, 0.05) is 38.0 Å². The number of fused-ring (bicyclic) bond motifs is 4. The highest BCUT2D eigenvalue weighted by Gasteiger charge is 2.50. The quantitative estimate of drug-likeness (QED) is 0.608. The van der Waals surface area contributed by atoms with Gasteiger partial charge < -0.3 is 24.6 Å². The average molecular weight is 539 g/mol. The van der Waals surface area contributed by atoms with Crippen molar-refractivity contribution in [3.63, 3.8) is 0 Å². The molecule has 4 atom stereocenters. The first-order chi connectivity index (χ1) is 18.7. The number of benzene rings is 1. The summed E-state index contributed by atoms with van der Waals surface area (Å²) in [5.74, 6) is 1.06. The van der Waals surface area contributed by atoms with Crippen LogP contribution < -0.4 is 9.64 Å². The lowest BCUT2D eigenvalue weighted by Crippen LogP contribution is -2.47. The van der Waals surface area contributed by atoms with E-state index in [1.165, 1.54) is 0 Å². The lowest BCUT2D eigenvalue weighted by molar-refractivity contribution is -0.0856. The second kappa shape index (κ2) is 9.28. The molecule has 1 aromatic carbocycles. The van der Waals surface area contributed by atoms with Crippen LogP contribution in [0.4, 0.5) is 10.2 Å². The Balaban J connectivity index is 1.24. The van der Waals surface area contributed by atoms with Crippen LogP contribution in [0.1, 0.15) is 74.3 Å². The first kappa shape index (κ1) is 25.5. The van der Waals surface area contributed by atoms with E-state index >= 15 is 0 Å². The van der Waals surface area contributed by atoms with Gasteiger partial charge in [0.15, 0.2) is 0 Å². The second-order valence-corrected chi connectivity index (χ2v) is 12.8. The van der Waals surface area contributed by atoms with E-state index in [9.17, 15) is 14.6 Å². The average Bonchev–Trinajstić information content (AvgIpc) is 3.42. The van der Waals surface area contributed by atoms with Crippen molar-refractivity contribution in [1.82, 2.24) is 14.9 Å². The highest BCUT2D eigenvalue weighted by atomic mass is 19.1. The molecule has 0 saturated carbocycles. The third-order valence-corrected chi connectivity index (χ3v) is 9.81. The van der Waals surface area contributed by atoms with Gasteiger partial charge in [-0.3, -0.25) is 4.90 Å². The number of piperidine rings is 1. The Morgan fingerprint density at radius 2 is 2.03 bits per heavy atom. The number of aliphatic hydroxyl groups is 1. The summed E-state index contributed by atoms with van der Waals surface area (Å²) >= 11 is 0. The van der Waals surface area contributed by atoms with Crippen LogP contribution in [0.5, 0.6) is 11.8 Å². The molecule has 1 spiro atoms. The number of rotatable bonds is 4. The van der Waals surface area contributed by atoms with E-state index in [1.54, 1.807) is 6.07 Å². The van der Waals surface area contributed by atoms with Gasteiger partial charge in [-0.1, -0.05) is 6.07 Å². The van der Waals surface area contributed by atoms with Crippen molar-refractivity contribution < 1.29 is 24.1 Å². The zero-order valence-electron chi connectivity index (χ0n) is 22.8. The van der Waals surface area contributed by atoms with Crippen molar-refractivity contribution in [3.8, 4) is 11.8 Å². The van der Waals surface area contributed by atoms with Crippen LogP contribution in [0.3, 0.4) is 0 Å². The maximum atomic E-state index is 14.4. The maximum absolute atomic E-state index is 14.4. The summed E-state index contributed by atoms with van der Waals surface area (Å²) in [6, 6.07) is 5.93. The first-order valence-corrected chi connectivity index (χ1v) is 14.6. The molecular formula is C30H39FN4O4. The SMILES string of the molecule is CC1(O)CCCN(c2nc(OCC34CCCN3CC(F)C4)nc3c2COC2(CCCc4cc(O)ccc42)C3)C1. The van der Waals surface area contributed by atoms with E-state index in [4.69, 9.17) is 19.4 Å². The number of ether oxygens (including phenoxy) is 2. The lowest BCUT2D eigenvalue weighted by Gasteiger charge is -2.44. The third kappa shape index (κ3) is 4.46. The van der Waals surface area contributed by atoms with Gasteiger partial charge in [0.25, 0.3) is 0 Å². The van der Waals surface area contributed by atoms with Crippen LogP contribution in [0.15, 0.2) is 18.2 Å². The normalized spacial score (nSPS) is 34.1. The molecule has 2 aromatic rings. The predicted octanol–water partition coefficient (Wildman–Crippen LogP) is 3.79. The molecule has 3 fully saturated rings. The van der Waals surface area contributed by atoms with Gasteiger partial charge in [-0.05, 0) is 81.7 Å². The third-order valence-electron chi connectivity index (χ3n) is 9.81. The molecular weight excluding hydrogens is 499 g/mol. The zero-order chi connectivity index (χ0) is 26.8. The number of hydrogen-bond acceptors (Lipinski definition) is 8. The molecule has 39 heavy (non-hydrogen) atoms. The fourth-order valence-corrected chi connectivity index (χ4v) is 7.96. The van der Waals surface area contributed by atoms with E-state index in [2.05, 4.69) is 9.80 Å². The highest BCUT2D eigenvalue weighted by Crippen LogP contribution is 2.47. The molecule has 5 aliphatic rings. The molecule has 0 radical (unpaired) electrons. The highest BCUT2D eigenvalue weighted by molar-refractivity contribution is 5.53. The summed E-state index contributed by atoms with van der Waals surface area (Å²) in [5.41, 5.74) is 2.57. The molecule has 210 valence electrons. The van der Waals surface area contributed by atoms with E-state index in [-0.39, 0.29) is 11.3 Å². The molecule has 4 aliphatic heterocycles. The fourth-order valence-electron chi connectivity index (χ4n) is 7.96. The molecule has 1 aromatic heterocycles. The summed E-state index contributed by atoms with van der Waals surface area (Å²) in [6.45, 7) is 5.33. The molecule has 2 N–H and O–H groups in total. The topological polar surface area (TPSA) is 91.2 Å². The van der Waals surface area contributed by atoms with Crippen molar-refractivity contribution in [1.29, 1.82) is 0 Å². The van der Waals surface area contributed by atoms with Crippen molar-refractivity contribution >= 4 is 5.82 Å². The number of alkyl halides is 1. The molecule has 0 amide bonds. The Morgan fingerprint density at radius 1 is 1.15 bits per heavy atom. The Kier molecular flexibility index (Phi) is 6.06. The number of β-amino-alcohol motifs (C(OH)–C–C–N with tert-alkyl or cyclic N) is 1. The standard InChI is InChI=1S/C30H39FN4O4/c1-28(37)8-3-11-34(18-28)26-23-17-39-30(10-2-5-20-13-22(36)6-7-24(20)30)15-25(23)32-27(33-26)38-19-29-9-4-12-35(29)16-21(31)14-29/h6-7,13,21,36-37H,2-5,8-12,14-19H2,1H3. The number of aromatic nitrogens is 2. The molecule has 4 unspecified atom stereocenters. The Hall–Kier alpha value is -2.49. The first-order valence-electron chi connectivity index (χ1n) is 14.6. The minimum absolute atomic E-state index is 0.276. The number of nitrogens with zero attached hydrogens (tertiary/aromatic N) is 4. The number of anilines is 1. The smallest absolute Gasteiger partial charge is 0.318 e. The Morgan fingerprint density at radius 3 is 2.90 bits per heavy atom. The number of phenolic OH excluding ortho intramolecular Hbond substituents is 1. The molecule has 1 aliphatic carbocycles. The lowest BCUT2D eigenvalue weighted by atomic mass is 9.75. The van der Waals surface area contributed by atoms with Crippen molar-refractivity contribution in [2.45, 2.75) is 94.2 Å². The van der Waals surface area contributed by atoms with Gasteiger partial charge in [-0.25, -0.2) is 4.39 Å². The van der Waals surface area contributed by atoms with Gasteiger partial charge in [-0.15, -0.1) is 0 Å². The number of phenols is 1. The van der Waals surface area contributed by atoms with Crippen LogP contribution >= 0.6 is 0 Å². The van der Waals surface area contributed by atoms with Crippen molar-refractivity contribution in [3.05, 3.63) is 40.6 Å². The van der Waals surface area contributed by atoms with Crippen LogP contribution in [0.2, 0.25) is 0 Å². The van der Waals surface area contributed by atoms with E-state index < -0.39 is 17.4 Å². The second-order valence-electron chi connectivity index (χ2n) is 12.8. The van der Waals surface area contributed by atoms with Gasteiger partial charge in [0.05, 0.1) is 29.0 Å². The van der Waals surface area contributed by atoms with Gasteiger partial charge >= 0.3 is 6.01 Å². The summed E-state index contributed by atoms with van der Waals surface area (Å²) in [5, 5.41) is 21.0. The fraction of sp³-hybridized carbons (Fsp3) is 0.667. The van der Waals surface area contributed by atoms with E-state index in [1.807, 2.05) is 19.1 Å². The molecule has 0 bridgehead atoms. The molecule has 7 rings (SSSR count). The van der Waals surface area contributed by atoms with Crippen molar-refractivity contribution in [2.75, 3.05) is 37.7 Å². The summed E-state index contributed by atoms with van der Waals surface area (Å²) in [7, 11) is 0. The molecule has 9 heteroatoms. The zero-order valence-corrected chi connectivity index (χ0v) is 22.8. The largest absolute Gasteiger partial charge is 0.508 e.